The maximum atomic E-state index is 13.7. The van der Waals surface area contributed by atoms with E-state index >= 15 is 0 Å². The van der Waals surface area contributed by atoms with Gasteiger partial charge in [-0.3, -0.25) is 9.59 Å². The van der Waals surface area contributed by atoms with Gasteiger partial charge >= 0.3 is 6.09 Å². The van der Waals surface area contributed by atoms with Crippen molar-refractivity contribution in [3.63, 3.8) is 0 Å². The summed E-state index contributed by atoms with van der Waals surface area (Å²) in [6, 6.07) is 4.51. The summed E-state index contributed by atoms with van der Waals surface area (Å²) >= 11 is 0. The van der Waals surface area contributed by atoms with E-state index in [4.69, 9.17) is 4.74 Å². The Morgan fingerprint density at radius 2 is 1.76 bits per heavy atom. The van der Waals surface area contributed by atoms with E-state index in [1.165, 1.54) is 6.42 Å². The first-order chi connectivity index (χ1) is 15.9. The summed E-state index contributed by atoms with van der Waals surface area (Å²) in [7, 11) is 0. The van der Waals surface area contributed by atoms with E-state index in [-0.39, 0.29) is 17.9 Å². The van der Waals surface area contributed by atoms with Gasteiger partial charge in [0.05, 0.1) is 0 Å². The van der Waals surface area contributed by atoms with Crippen molar-refractivity contribution in [2.75, 3.05) is 6.54 Å². The monoisotopic (exact) mass is 473 g/mol. The van der Waals surface area contributed by atoms with Gasteiger partial charge in [-0.15, -0.1) is 0 Å². The molecule has 0 saturated heterocycles. The zero-order valence-corrected chi connectivity index (χ0v) is 22.0. The molecule has 0 aromatic heterocycles. The van der Waals surface area contributed by atoms with Crippen LogP contribution >= 0.6 is 0 Å². The molecular weight excluding hydrogens is 430 g/mol. The Morgan fingerprint density at radius 1 is 1.12 bits per heavy atom. The third-order valence-corrected chi connectivity index (χ3v) is 6.09. The molecule has 1 fully saturated rings. The van der Waals surface area contributed by atoms with Crippen molar-refractivity contribution in [1.29, 1.82) is 0 Å². The van der Waals surface area contributed by atoms with Crippen LogP contribution in [0.1, 0.15) is 95.9 Å². The van der Waals surface area contributed by atoms with Crippen molar-refractivity contribution in [1.82, 2.24) is 15.5 Å². The maximum absolute atomic E-state index is 13.7. The number of nitrogens with one attached hydrogen (secondary N) is 2. The van der Waals surface area contributed by atoms with Gasteiger partial charge in [0.2, 0.25) is 11.8 Å². The normalized spacial score (nSPS) is 16.3. The lowest BCUT2D eigenvalue weighted by atomic mass is 9.93. The van der Waals surface area contributed by atoms with Gasteiger partial charge in [-0.1, -0.05) is 49.9 Å². The molecule has 0 spiro atoms. The zero-order chi connectivity index (χ0) is 25.5. The fraction of sp³-hybridized carbons (Fsp3) is 0.667. The number of benzene rings is 1. The first-order valence-corrected chi connectivity index (χ1v) is 12.6. The number of aryl methyl sites for hydroxylation is 2. The largest absolute Gasteiger partial charge is 0.444 e. The molecule has 1 aromatic carbocycles. The average molecular weight is 474 g/mol. The number of amides is 3. The molecule has 0 aliphatic heterocycles. The first-order valence-electron chi connectivity index (χ1n) is 12.6. The number of alkyl carbamates (subject to hydrolysis) is 1. The van der Waals surface area contributed by atoms with Crippen LogP contribution in [-0.4, -0.2) is 47.0 Å². The van der Waals surface area contributed by atoms with Crippen LogP contribution in [0.15, 0.2) is 18.2 Å². The zero-order valence-electron chi connectivity index (χ0n) is 22.0. The van der Waals surface area contributed by atoms with Crippen LogP contribution in [-0.2, 0) is 14.3 Å². The van der Waals surface area contributed by atoms with Gasteiger partial charge in [0.15, 0.2) is 0 Å². The van der Waals surface area contributed by atoms with Crippen LogP contribution in [0.25, 0.3) is 0 Å². The molecule has 7 heteroatoms. The molecular formula is C27H43N3O4. The molecule has 0 heterocycles. The molecule has 1 aromatic rings. The molecule has 0 radical (unpaired) electrons. The van der Waals surface area contributed by atoms with Gasteiger partial charge in [0, 0.05) is 12.6 Å². The Balaban J connectivity index is 2.36. The van der Waals surface area contributed by atoms with Crippen molar-refractivity contribution >= 4 is 17.9 Å². The van der Waals surface area contributed by atoms with E-state index in [0.717, 1.165) is 42.4 Å². The van der Waals surface area contributed by atoms with Crippen molar-refractivity contribution in [2.24, 2.45) is 0 Å². The predicted octanol–water partition coefficient (Wildman–Crippen LogP) is 4.95. The summed E-state index contributed by atoms with van der Waals surface area (Å²) in [6.07, 6.45) is 5.36. The molecule has 1 saturated carbocycles. The Morgan fingerprint density at radius 3 is 2.35 bits per heavy atom. The van der Waals surface area contributed by atoms with Gasteiger partial charge in [-0.25, -0.2) is 4.79 Å². The Bertz CT molecular complexity index is 856. The maximum Gasteiger partial charge on any atom is 0.408 e. The van der Waals surface area contributed by atoms with Gasteiger partial charge in [0.25, 0.3) is 0 Å². The van der Waals surface area contributed by atoms with Crippen LogP contribution in [0.5, 0.6) is 0 Å². The average Bonchev–Trinajstić information content (AvgIpc) is 2.74. The molecule has 2 unspecified atom stereocenters. The Hall–Kier alpha value is -2.57. The molecule has 2 atom stereocenters. The van der Waals surface area contributed by atoms with E-state index in [1.54, 1.807) is 32.6 Å². The van der Waals surface area contributed by atoms with Gasteiger partial charge in [0.1, 0.15) is 17.7 Å². The highest BCUT2D eigenvalue weighted by atomic mass is 16.6. The van der Waals surface area contributed by atoms with Gasteiger partial charge < -0.3 is 20.3 Å². The first kappa shape index (κ1) is 27.7. The number of hydrogen-bond acceptors (Lipinski definition) is 4. The molecule has 2 N–H and O–H groups in total. The summed E-state index contributed by atoms with van der Waals surface area (Å²) in [5.74, 6) is -0.468. The van der Waals surface area contributed by atoms with Crippen molar-refractivity contribution in [3.8, 4) is 0 Å². The quantitative estimate of drug-likeness (QED) is 0.559. The highest BCUT2D eigenvalue weighted by molar-refractivity contribution is 5.92. The van der Waals surface area contributed by atoms with E-state index in [2.05, 4.69) is 10.6 Å². The lowest BCUT2D eigenvalue weighted by Gasteiger charge is -2.35. The van der Waals surface area contributed by atoms with Crippen LogP contribution < -0.4 is 10.6 Å². The van der Waals surface area contributed by atoms with Crippen LogP contribution in [0.2, 0.25) is 0 Å². The third-order valence-electron chi connectivity index (χ3n) is 6.09. The lowest BCUT2D eigenvalue weighted by molar-refractivity contribution is -0.142. The van der Waals surface area contributed by atoms with Crippen LogP contribution in [0.4, 0.5) is 4.79 Å². The predicted molar refractivity (Wildman–Crippen MR) is 135 cm³/mol. The minimum absolute atomic E-state index is 0.129. The highest BCUT2D eigenvalue weighted by Gasteiger charge is 2.36. The molecule has 190 valence electrons. The fourth-order valence-electron chi connectivity index (χ4n) is 4.43. The molecule has 7 nitrogen and oxygen atoms in total. The third kappa shape index (κ3) is 8.03. The minimum Gasteiger partial charge on any atom is -0.444 e. The Kier molecular flexibility index (Phi) is 9.95. The lowest BCUT2D eigenvalue weighted by Crippen LogP contribution is -2.53. The van der Waals surface area contributed by atoms with Crippen molar-refractivity contribution < 1.29 is 19.1 Å². The number of nitrogens with zero attached hydrogens (tertiary/aromatic N) is 1. The van der Waals surface area contributed by atoms with E-state index in [9.17, 15) is 14.4 Å². The smallest absolute Gasteiger partial charge is 0.408 e. The second-order valence-corrected chi connectivity index (χ2v) is 10.5. The SMILES string of the molecule is CCCN(C(=O)C(C)NC(=O)OC(C)(C)C)C(C(=O)NC1CCCCC1)c1cc(C)ccc1C. The second kappa shape index (κ2) is 12.2. The molecule has 1 aliphatic carbocycles. The van der Waals surface area contributed by atoms with Crippen LogP contribution in [0, 0.1) is 13.8 Å². The summed E-state index contributed by atoms with van der Waals surface area (Å²) in [5.41, 5.74) is 2.13. The van der Waals surface area contributed by atoms with E-state index in [0.29, 0.717) is 13.0 Å². The highest BCUT2D eigenvalue weighted by Crippen LogP contribution is 2.28. The number of hydrogen-bond donors (Lipinski definition) is 2. The molecule has 1 aliphatic rings. The summed E-state index contributed by atoms with van der Waals surface area (Å²) < 4.78 is 5.33. The molecule has 2 rings (SSSR count). The summed E-state index contributed by atoms with van der Waals surface area (Å²) in [6.45, 7) is 13.3. The van der Waals surface area contributed by atoms with Gasteiger partial charge in [-0.2, -0.15) is 0 Å². The molecule has 34 heavy (non-hydrogen) atoms. The number of carbonyl (C=O) groups is 3. The molecule has 3 amide bonds. The van der Waals surface area contributed by atoms with E-state index < -0.39 is 23.8 Å². The standard InChI is InChI=1S/C27H43N3O4/c1-8-16-30(25(32)20(4)28-26(33)34-27(5,6)7)23(22-17-18(2)14-15-19(22)3)24(31)29-21-12-10-9-11-13-21/h14-15,17,20-21,23H,8-13,16H2,1-7H3,(H,28,33)(H,29,31). The number of carbonyl (C=O) groups excluding carboxylic acids is 3. The van der Waals surface area contributed by atoms with Crippen molar-refractivity contribution in [3.05, 3.63) is 34.9 Å². The van der Waals surface area contributed by atoms with Crippen LogP contribution in [0.3, 0.4) is 0 Å². The number of ether oxygens (including phenoxy) is 1. The molecule has 0 bridgehead atoms. The van der Waals surface area contributed by atoms with E-state index in [1.807, 2.05) is 39.0 Å². The van der Waals surface area contributed by atoms with Crippen molar-refractivity contribution in [2.45, 2.75) is 111 Å². The number of rotatable bonds is 8. The Labute approximate surface area is 205 Å². The topological polar surface area (TPSA) is 87.7 Å². The summed E-state index contributed by atoms with van der Waals surface area (Å²) in [4.78, 5) is 41.2. The second-order valence-electron chi connectivity index (χ2n) is 10.5. The minimum atomic E-state index is -0.837. The fourth-order valence-corrected chi connectivity index (χ4v) is 4.43. The van der Waals surface area contributed by atoms with Gasteiger partial charge in [-0.05, 0) is 71.9 Å². The summed E-state index contributed by atoms with van der Waals surface area (Å²) in [5, 5.41) is 5.87.